The smallest absolute Gasteiger partial charge is 0.286 e. The molecule has 1 fully saturated rings. The third-order valence-electron chi connectivity index (χ3n) is 4.04. The molecule has 1 atom stereocenters. The number of rotatable bonds is 8. The predicted octanol–water partition coefficient (Wildman–Crippen LogP) is 3.11. The van der Waals surface area contributed by atoms with Gasteiger partial charge in [0.05, 0.1) is 11.0 Å². The number of thioether (sulfide) groups is 1. The first kappa shape index (κ1) is 19.8. The van der Waals surface area contributed by atoms with Gasteiger partial charge in [-0.15, -0.1) is 0 Å². The Kier molecular flexibility index (Phi) is 6.54. The van der Waals surface area contributed by atoms with E-state index in [2.05, 4.69) is 10.5 Å². The van der Waals surface area contributed by atoms with Gasteiger partial charge < -0.3 is 14.7 Å². The van der Waals surface area contributed by atoms with Gasteiger partial charge in [0, 0.05) is 0 Å². The quantitative estimate of drug-likeness (QED) is 0.401. The molecule has 1 aliphatic heterocycles. The minimum atomic E-state index is -0.373. The van der Waals surface area contributed by atoms with Crippen LogP contribution in [0.2, 0.25) is 0 Å². The lowest BCUT2D eigenvalue weighted by molar-refractivity contribution is -0.118. The van der Waals surface area contributed by atoms with Gasteiger partial charge in [-0.25, -0.2) is 0 Å². The Hall–Kier alpha value is -3.00. The molecular formula is C20H20N2O5S. The topological polar surface area (TPSA) is 97.2 Å². The highest BCUT2D eigenvalue weighted by atomic mass is 32.2. The summed E-state index contributed by atoms with van der Waals surface area (Å²) in [6.45, 7) is 2.45. The molecule has 146 valence electrons. The first-order valence-corrected chi connectivity index (χ1v) is 9.58. The molecule has 2 N–H and O–H groups in total. The third-order valence-corrected chi connectivity index (χ3v) is 5.02. The monoisotopic (exact) mass is 400 g/mol. The number of ether oxygens (including phenoxy) is 1. The lowest BCUT2D eigenvalue weighted by Gasteiger charge is -2.08. The molecule has 2 amide bonds. The summed E-state index contributed by atoms with van der Waals surface area (Å²) >= 11 is 1.02. The Balaban J connectivity index is 1.40. The summed E-state index contributed by atoms with van der Waals surface area (Å²) < 4.78 is 5.61. The van der Waals surface area contributed by atoms with Crippen molar-refractivity contribution >= 4 is 28.6 Å². The highest BCUT2D eigenvalue weighted by Crippen LogP contribution is 2.23. The molecule has 8 heteroatoms. The number of nitrogens with zero attached hydrogens (tertiary/aromatic N) is 1. The van der Waals surface area contributed by atoms with Crippen LogP contribution < -0.4 is 10.1 Å². The first-order valence-electron chi connectivity index (χ1n) is 8.70. The van der Waals surface area contributed by atoms with Gasteiger partial charge in [-0.2, -0.15) is 0 Å². The zero-order valence-electron chi connectivity index (χ0n) is 15.3. The van der Waals surface area contributed by atoms with Gasteiger partial charge in [0.1, 0.15) is 18.1 Å². The van der Waals surface area contributed by atoms with Gasteiger partial charge in [0.2, 0.25) is 5.91 Å². The van der Waals surface area contributed by atoms with Crippen LogP contribution in [0.4, 0.5) is 4.79 Å². The number of aromatic hydroxyl groups is 1. The van der Waals surface area contributed by atoms with Crippen LogP contribution in [-0.4, -0.2) is 40.4 Å². The van der Waals surface area contributed by atoms with E-state index >= 15 is 0 Å². The zero-order chi connectivity index (χ0) is 19.9. The maximum atomic E-state index is 11.6. The molecule has 2 aromatic rings. The van der Waals surface area contributed by atoms with Crippen molar-refractivity contribution in [3.05, 3.63) is 59.7 Å². The standard InChI is InChI=1S/C20H20N2O5S/c1-13(15-4-6-16(23)7-5-15)22-27-11-10-26-17-8-2-14(3-9-17)12-18-19(24)21-20(25)28-18/h2-9,18,23H,10-12H2,1H3,(H,21,24,25)/b22-13-. The average molecular weight is 400 g/mol. The minimum absolute atomic E-state index is 0.204. The lowest BCUT2D eigenvalue weighted by Crippen LogP contribution is -2.25. The van der Waals surface area contributed by atoms with Crippen LogP contribution in [0.25, 0.3) is 0 Å². The van der Waals surface area contributed by atoms with Crippen LogP contribution >= 0.6 is 11.8 Å². The van der Waals surface area contributed by atoms with E-state index in [4.69, 9.17) is 9.57 Å². The molecule has 0 bridgehead atoms. The molecule has 1 saturated heterocycles. The van der Waals surface area contributed by atoms with Crippen LogP contribution in [0.1, 0.15) is 18.1 Å². The SMILES string of the molecule is C/C(=N/OCCOc1ccc(CC2SC(=O)NC2=O)cc1)c1ccc(O)cc1. The summed E-state index contributed by atoms with van der Waals surface area (Å²) in [5, 5.41) is 14.9. The number of carbonyl (C=O) groups excluding carboxylic acids is 2. The van der Waals surface area contributed by atoms with Gasteiger partial charge in [-0.3, -0.25) is 14.9 Å². The number of imide groups is 1. The summed E-state index contributed by atoms with van der Waals surface area (Å²) in [4.78, 5) is 28.1. The van der Waals surface area contributed by atoms with Crippen molar-refractivity contribution < 1.29 is 24.3 Å². The molecule has 3 rings (SSSR count). The molecule has 28 heavy (non-hydrogen) atoms. The molecule has 0 aromatic heterocycles. The van der Waals surface area contributed by atoms with Crippen molar-refractivity contribution in [1.29, 1.82) is 0 Å². The van der Waals surface area contributed by atoms with E-state index in [-0.39, 0.29) is 28.8 Å². The van der Waals surface area contributed by atoms with E-state index in [1.165, 1.54) is 0 Å². The van der Waals surface area contributed by atoms with E-state index in [1.54, 1.807) is 24.3 Å². The average Bonchev–Trinajstić information content (AvgIpc) is 3.00. The third kappa shape index (κ3) is 5.50. The van der Waals surface area contributed by atoms with Crippen molar-refractivity contribution in [1.82, 2.24) is 5.32 Å². The number of carbonyl (C=O) groups is 2. The molecule has 0 saturated carbocycles. The number of hydrogen-bond donors (Lipinski definition) is 2. The van der Waals surface area contributed by atoms with Crippen molar-refractivity contribution in [3.8, 4) is 11.5 Å². The van der Waals surface area contributed by atoms with Crippen LogP contribution in [0.3, 0.4) is 0 Å². The second kappa shape index (κ2) is 9.27. The summed E-state index contributed by atoms with van der Waals surface area (Å²) in [6.07, 6.45) is 0.497. The molecule has 1 heterocycles. The van der Waals surface area contributed by atoms with Gasteiger partial charge in [-0.1, -0.05) is 29.1 Å². The first-order chi connectivity index (χ1) is 13.5. The highest BCUT2D eigenvalue weighted by Gasteiger charge is 2.31. The molecule has 0 radical (unpaired) electrons. The molecule has 0 spiro atoms. The summed E-state index contributed by atoms with van der Waals surface area (Å²) in [5.74, 6) is 0.650. The van der Waals surface area contributed by atoms with Gasteiger partial charge in [0.15, 0.2) is 6.61 Å². The Bertz CT molecular complexity index is 865. The van der Waals surface area contributed by atoms with E-state index < -0.39 is 0 Å². The molecular weight excluding hydrogens is 380 g/mol. The predicted molar refractivity (Wildman–Crippen MR) is 107 cm³/mol. The van der Waals surface area contributed by atoms with Crippen LogP contribution in [-0.2, 0) is 16.1 Å². The molecule has 1 aliphatic rings. The van der Waals surface area contributed by atoms with E-state index in [0.717, 1.165) is 22.9 Å². The van der Waals surface area contributed by atoms with Crippen molar-refractivity contribution in [2.75, 3.05) is 13.2 Å². The number of phenols is 1. The summed E-state index contributed by atoms with van der Waals surface area (Å²) in [6, 6.07) is 14.1. The normalized spacial score (nSPS) is 16.8. The van der Waals surface area contributed by atoms with Crippen LogP contribution in [0, 0.1) is 0 Å². The van der Waals surface area contributed by atoms with Crippen molar-refractivity contribution in [2.24, 2.45) is 5.16 Å². The molecule has 2 aromatic carbocycles. The number of nitrogens with one attached hydrogen (secondary N) is 1. The molecule has 7 nitrogen and oxygen atoms in total. The van der Waals surface area contributed by atoms with E-state index in [9.17, 15) is 14.7 Å². The Morgan fingerprint density at radius 1 is 1.11 bits per heavy atom. The fourth-order valence-corrected chi connectivity index (χ4v) is 3.42. The van der Waals surface area contributed by atoms with Crippen LogP contribution in [0.15, 0.2) is 53.7 Å². The Morgan fingerprint density at radius 3 is 2.46 bits per heavy atom. The Labute approximate surface area is 166 Å². The second-order valence-electron chi connectivity index (χ2n) is 6.14. The van der Waals surface area contributed by atoms with Gasteiger partial charge in [-0.05, 0) is 60.9 Å². The number of hydrogen-bond acceptors (Lipinski definition) is 7. The number of phenolic OH excluding ortho intramolecular Hbond substituents is 1. The largest absolute Gasteiger partial charge is 0.508 e. The maximum Gasteiger partial charge on any atom is 0.286 e. The van der Waals surface area contributed by atoms with E-state index in [0.29, 0.717) is 24.5 Å². The summed E-state index contributed by atoms with van der Waals surface area (Å²) in [7, 11) is 0. The number of oxime groups is 1. The zero-order valence-corrected chi connectivity index (χ0v) is 16.1. The molecule has 0 aliphatic carbocycles. The second-order valence-corrected chi connectivity index (χ2v) is 7.31. The van der Waals surface area contributed by atoms with Gasteiger partial charge in [0.25, 0.3) is 5.24 Å². The minimum Gasteiger partial charge on any atom is -0.508 e. The lowest BCUT2D eigenvalue weighted by atomic mass is 10.1. The maximum absolute atomic E-state index is 11.6. The Morgan fingerprint density at radius 2 is 1.82 bits per heavy atom. The number of amides is 2. The van der Waals surface area contributed by atoms with Crippen molar-refractivity contribution in [3.63, 3.8) is 0 Å². The van der Waals surface area contributed by atoms with Crippen LogP contribution in [0.5, 0.6) is 11.5 Å². The van der Waals surface area contributed by atoms with Crippen molar-refractivity contribution in [2.45, 2.75) is 18.6 Å². The fourth-order valence-electron chi connectivity index (χ4n) is 2.56. The van der Waals surface area contributed by atoms with Gasteiger partial charge >= 0.3 is 0 Å². The summed E-state index contributed by atoms with van der Waals surface area (Å²) in [5.41, 5.74) is 2.53. The highest BCUT2D eigenvalue weighted by molar-refractivity contribution is 8.15. The van der Waals surface area contributed by atoms with E-state index in [1.807, 2.05) is 31.2 Å². The fraction of sp³-hybridized carbons (Fsp3) is 0.250. The molecule has 1 unspecified atom stereocenters. The number of benzene rings is 2.